The minimum Gasteiger partial charge on any atom is -0.359 e. The predicted molar refractivity (Wildman–Crippen MR) is 67.3 cm³/mol. The molecule has 0 unspecified atom stereocenters. The first kappa shape index (κ1) is 16.1. The minimum absolute atomic E-state index is 0.924. The van der Waals surface area contributed by atoms with Crippen molar-refractivity contribution in [3.8, 4) is 0 Å². The van der Waals surface area contributed by atoms with Crippen LogP contribution < -0.4 is 0 Å². The van der Waals surface area contributed by atoms with Crippen LogP contribution in [-0.2, 0) is 18.8 Å². The summed E-state index contributed by atoms with van der Waals surface area (Å²) in [7, 11) is -1.60. The molecule has 1 heterocycles. The molecule has 6 nitrogen and oxygen atoms in total. The molecule has 0 bridgehead atoms. The normalized spacial score (nSPS) is 15.0. The Morgan fingerprint density at radius 2 is 2.06 bits per heavy atom. The third-order valence-corrected chi connectivity index (χ3v) is 2.96. The summed E-state index contributed by atoms with van der Waals surface area (Å²) in [5, 5.41) is 0. The van der Waals surface area contributed by atoms with E-state index in [9.17, 15) is 8.42 Å². The Balaban J connectivity index is 0.000000325. The molecule has 0 aliphatic carbocycles. The fourth-order valence-corrected chi connectivity index (χ4v) is 1.40. The van der Waals surface area contributed by atoms with Gasteiger partial charge in [-0.3, -0.25) is 13.4 Å². The van der Waals surface area contributed by atoms with Gasteiger partial charge in [0, 0.05) is 19.5 Å². The van der Waals surface area contributed by atoms with Gasteiger partial charge in [0.05, 0.1) is 20.8 Å². The zero-order chi connectivity index (χ0) is 13.3. The van der Waals surface area contributed by atoms with Gasteiger partial charge < -0.3 is 4.90 Å². The van der Waals surface area contributed by atoms with Crippen LogP contribution in [-0.4, -0.2) is 53.0 Å². The first-order valence-electron chi connectivity index (χ1n) is 5.26. The van der Waals surface area contributed by atoms with Crippen LogP contribution in [0, 0.1) is 0 Å². The Kier molecular flexibility index (Phi) is 7.77. The first-order chi connectivity index (χ1) is 8.00. The highest BCUT2D eigenvalue weighted by molar-refractivity contribution is 7.81. The molecule has 0 aromatic carbocycles. The zero-order valence-electron chi connectivity index (χ0n) is 10.5. The van der Waals surface area contributed by atoms with Crippen LogP contribution in [0.2, 0.25) is 0 Å². The van der Waals surface area contributed by atoms with Crippen molar-refractivity contribution in [1.82, 2.24) is 4.90 Å². The molecule has 17 heavy (non-hydrogen) atoms. The first-order valence-corrected chi connectivity index (χ1v) is 6.59. The summed E-state index contributed by atoms with van der Waals surface area (Å²) in [6, 6.07) is 0. The lowest BCUT2D eigenvalue weighted by molar-refractivity contribution is 0.286. The molecule has 0 N–H and O–H groups in total. The van der Waals surface area contributed by atoms with Crippen LogP contribution in [0.25, 0.3) is 0 Å². The van der Waals surface area contributed by atoms with E-state index in [4.69, 9.17) is 0 Å². The van der Waals surface area contributed by atoms with Crippen molar-refractivity contribution in [3.63, 3.8) is 0 Å². The lowest BCUT2D eigenvalue weighted by atomic mass is 10.3. The second kappa shape index (κ2) is 8.21. The fourth-order valence-electron chi connectivity index (χ4n) is 1.26. The Bertz CT molecular complexity index is 341. The predicted octanol–water partition coefficient (Wildman–Crippen LogP) is 0.821. The van der Waals surface area contributed by atoms with E-state index in [0.29, 0.717) is 0 Å². The SMILES string of the molecule is C=CCC1=NCCN1CC.COS(=O)(=O)OC. The van der Waals surface area contributed by atoms with E-state index in [1.54, 1.807) is 0 Å². The highest BCUT2D eigenvalue weighted by Crippen LogP contribution is 2.03. The molecule has 7 heteroatoms. The van der Waals surface area contributed by atoms with Crippen molar-refractivity contribution in [1.29, 1.82) is 0 Å². The molecule has 100 valence electrons. The lowest BCUT2D eigenvalue weighted by Gasteiger charge is -2.16. The van der Waals surface area contributed by atoms with Crippen molar-refractivity contribution in [2.45, 2.75) is 13.3 Å². The van der Waals surface area contributed by atoms with Crippen molar-refractivity contribution in [2.24, 2.45) is 4.99 Å². The molecule has 1 aliphatic rings. The third kappa shape index (κ3) is 6.40. The Hall–Kier alpha value is -0.920. The maximum Gasteiger partial charge on any atom is 0.399 e. The number of hydrogen-bond acceptors (Lipinski definition) is 6. The largest absolute Gasteiger partial charge is 0.399 e. The highest BCUT2D eigenvalue weighted by Gasteiger charge is 2.11. The van der Waals surface area contributed by atoms with Gasteiger partial charge in [-0.05, 0) is 6.92 Å². The number of hydrogen-bond donors (Lipinski definition) is 0. The number of aliphatic imine (C=N–C) groups is 1. The minimum atomic E-state index is -3.66. The van der Waals surface area contributed by atoms with E-state index in [0.717, 1.165) is 40.3 Å². The van der Waals surface area contributed by atoms with E-state index < -0.39 is 10.4 Å². The molecule has 0 amide bonds. The van der Waals surface area contributed by atoms with Gasteiger partial charge in [0.2, 0.25) is 0 Å². The lowest BCUT2D eigenvalue weighted by Crippen LogP contribution is -2.26. The van der Waals surface area contributed by atoms with Gasteiger partial charge in [-0.1, -0.05) is 6.08 Å². The molecular formula is C10H20N2O4S. The average molecular weight is 264 g/mol. The summed E-state index contributed by atoms with van der Waals surface area (Å²) in [5.41, 5.74) is 0. The monoisotopic (exact) mass is 264 g/mol. The number of nitrogens with zero attached hydrogens (tertiary/aromatic N) is 2. The van der Waals surface area contributed by atoms with Gasteiger partial charge in [-0.15, -0.1) is 6.58 Å². The van der Waals surface area contributed by atoms with Gasteiger partial charge in [0.25, 0.3) is 0 Å². The summed E-state index contributed by atoms with van der Waals surface area (Å²) >= 11 is 0. The van der Waals surface area contributed by atoms with Gasteiger partial charge in [0.15, 0.2) is 0 Å². The van der Waals surface area contributed by atoms with E-state index in [1.807, 2.05) is 6.08 Å². The summed E-state index contributed by atoms with van der Waals surface area (Å²) in [6.45, 7) is 8.98. The van der Waals surface area contributed by atoms with Crippen LogP contribution in [0.1, 0.15) is 13.3 Å². The second-order valence-corrected chi connectivity index (χ2v) is 4.60. The molecule has 0 saturated heterocycles. The van der Waals surface area contributed by atoms with Crippen LogP contribution in [0.15, 0.2) is 17.6 Å². The van der Waals surface area contributed by atoms with E-state index in [2.05, 4.69) is 31.8 Å². The molecule has 0 aromatic rings. The zero-order valence-corrected chi connectivity index (χ0v) is 11.4. The fraction of sp³-hybridized carbons (Fsp3) is 0.700. The molecule has 0 saturated carbocycles. The maximum absolute atomic E-state index is 9.92. The summed E-state index contributed by atoms with van der Waals surface area (Å²) < 4.78 is 27.5. The Morgan fingerprint density at radius 3 is 2.41 bits per heavy atom. The van der Waals surface area contributed by atoms with Gasteiger partial charge in [0.1, 0.15) is 5.84 Å². The van der Waals surface area contributed by atoms with Crippen molar-refractivity contribution >= 4 is 16.2 Å². The molecule has 1 aliphatic heterocycles. The quantitative estimate of drug-likeness (QED) is 0.688. The maximum atomic E-state index is 9.92. The summed E-state index contributed by atoms with van der Waals surface area (Å²) in [5.74, 6) is 1.21. The molecule has 0 fully saturated rings. The summed E-state index contributed by atoms with van der Waals surface area (Å²) in [6.07, 6.45) is 2.83. The van der Waals surface area contributed by atoms with Crippen molar-refractivity contribution < 1.29 is 16.8 Å². The smallest absolute Gasteiger partial charge is 0.359 e. The molecule has 0 radical (unpaired) electrons. The standard InChI is InChI=1S/C8H14N2.C2H6O4S/c1-3-5-8-9-6-7-10(8)4-2;1-5-7(3,4)6-2/h3H,1,4-7H2,2H3;1-2H3. The van der Waals surface area contributed by atoms with Crippen LogP contribution >= 0.6 is 0 Å². The molecule has 1 rings (SSSR count). The van der Waals surface area contributed by atoms with Gasteiger partial charge in [-0.25, -0.2) is 0 Å². The van der Waals surface area contributed by atoms with E-state index >= 15 is 0 Å². The second-order valence-electron chi connectivity index (χ2n) is 3.11. The van der Waals surface area contributed by atoms with Crippen molar-refractivity contribution in [3.05, 3.63) is 12.7 Å². The van der Waals surface area contributed by atoms with Crippen LogP contribution in [0.4, 0.5) is 0 Å². The molecule has 0 spiro atoms. The average Bonchev–Trinajstić information content (AvgIpc) is 2.78. The Morgan fingerprint density at radius 1 is 1.47 bits per heavy atom. The molecular weight excluding hydrogens is 244 g/mol. The number of rotatable bonds is 5. The third-order valence-electron chi connectivity index (χ3n) is 2.15. The van der Waals surface area contributed by atoms with Crippen LogP contribution in [0.5, 0.6) is 0 Å². The number of amidine groups is 1. The van der Waals surface area contributed by atoms with E-state index in [1.165, 1.54) is 5.84 Å². The Labute approximate surface area is 103 Å². The molecule has 0 atom stereocenters. The topological polar surface area (TPSA) is 68.2 Å². The van der Waals surface area contributed by atoms with E-state index in [-0.39, 0.29) is 0 Å². The van der Waals surface area contributed by atoms with Gasteiger partial charge in [-0.2, -0.15) is 8.42 Å². The number of likely N-dealkylation sites (N-methyl/N-ethyl adjacent to an activating group) is 1. The van der Waals surface area contributed by atoms with Crippen LogP contribution in [0.3, 0.4) is 0 Å². The summed E-state index contributed by atoms with van der Waals surface area (Å²) in [4.78, 5) is 6.64. The van der Waals surface area contributed by atoms with Gasteiger partial charge >= 0.3 is 10.4 Å². The van der Waals surface area contributed by atoms with Crippen molar-refractivity contribution in [2.75, 3.05) is 33.9 Å². The molecule has 0 aromatic heterocycles. The highest BCUT2D eigenvalue weighted by atomic mass is 32.3.